The normalized spacial score (nSPS) is 29.4. The van der Waals surface area contributed by atoms with Crippen LogP contribution in [0.25, 0.3) is 0 Å². The van der Waals surface area contributed by atoms with E-state index < -0.39 is 35.3 Å². The fourth-order valence-electron chi connectivity index (χ4n) is 3.14. The summed E-state index contributed by atoms with van der Waals surface area (Å²) < 4.78 is 9.02. The molecule has 3 rings (SSSR count). The minimum absolute atomic E-state index is 0.0185. The third-order valence-corrected chi connectivity index (χ3v) is 3.82. The van der Waals surface area contributed by atoms with Crippen molar-refractivity contribution in [3.8, 4) is 0 Å². The molecule has 3 aliphatic rings. The van der Waals surface area contributed by atoms with Gasteiger partial charge in [-0.3, -0.25) is 9.59 Å². The van der Waals surface area contributed by atoms with Crippen molar-refractivity contribution in [3.63, 3.8) is 0 Å². The second-order valence-corrected chi connectivity index (χ2v) is 5.26. The van der Waals surface area contributed by atoms with Crippen molar-refractivity contribution in [1.29, 1.82) is 0 Å². The van der Waals surface area contributed by atoms with E-state index in [9.17, 15) is 19.2 Å². The Hall–Kier alpha value is -2.02. The second kappa shape index (κ2) is 3.74. The Morgan fingerprint density at radius 2 is 1.58 bits per heavy atom. The molecule has 0 aromatic heterocycles. The lowest BCUT2D eigenvalue weighted by atomic mass is 9.65. The number of esters is 4. The molecule has 1 unspecified atom stereocenters. The predicted octanol–water partition coefficient (Wildman–Crippen LogP) is -0.663. The van der Waals surface area contributed by atoms with E-state index in [1.807, 2.05) is 0 Å². The van der Waals surface area contributed by atoms with Gasteiger partial charge in [0.1, 0.15) is 0 Å². The predicted molar refractivity (Wildman–Crippen MR) is 58.1 cm³/mol. The Bertz CT molecular complexity index is 545. The van der Waals surface area contributed by atoms with Crippen molar-refractivity contribution in [2.75, 3.05) is 0 Å². The molecule has 100 valence electrons. The highest BCUT2D eigenvalue weighted by molar-refractivity contribution is 6.13. The van der Waals surface area contributed by atoms with Crippen LogP contribution in [0, 0.1) is 5.41 Å². The maximum absolute atomic E-state index is 11.6. The molecule has 0 aromatic carbocycles. The van der Waals surface area contributed by atoms with Crippen LogP contribution in [0.5, 0.6) is 0 Å². The molecule has 7 nitrogen and oxygen atoms in total. The van der Waals surface area contributed by atoms with Crippen LogP contribution in [-0.2, 0) is 28.7 Å². The van der Waals surface area contributed by atoms with E-state index in [2.05, 4.69) is 9.47 Å². The van der Waals surface area contributed by atoms with Crippen molar-refractivity contribution in [3.05, 3.63) is 11.1 Å². The van der Waals surface area contributed by atoms with E-state index in [0.717, 1.165) is 0 Å². The molecule has 1 fully saturated rings. The van der Waals surface area contributed by atoms with Gasteiger partial charge in [-0.05, 0) is 18.3 Å². The van der Waals surface area contributed by atoms with E-state index in [0.29, 0.717) is 0 Å². The monoisotopic (exact) mass is 265 g/mol. The molecule has 2 N–H and O–H groups in total. The van der Waals surface area contributed by atoms with Crippen molar-refractivity contribution in [1.82, 2.24) is 0 Å². The Kier molecular flexibility index (Phi) is 2.37. The van der Waals surface area contributed by atoms with Crippen LogP contribution < -0.4 is 5.73 Å². The first-order chi connectivity index (χ1) is 8.90. The molecule has 1 aliphatic carbocycles. The van der Waals surface area contributed by atoms with Gasteiger partial charge in [-0.1, -0.05) is 0 Å². The van der Waals surface area contributed by atoms with Gasteiger partial charge in [0.2, 0.25) is 0 Å². The van der Waals surface area contributed by atoms with E-state index >= 15 is 0 Å². The SMILES string of the molecule is NC1CC2(CC(=O)OC(=O)C2)CC2=C1C(=O)OC2=O. The van der Waals surface area contributed by atoms with Gasteiger partial charge in [-0.25, -0.2) is 9.59 Å². The molecule has 0 amide bonds. The van der Waals surface area contributed by atoms with Crippen LogP contribution in [0.3, 0.4) is 0 Å². The fourth-order valence-corrected chi connectivity index (χ4v) is 3.14. The second-order valence-electron chi connectivity index (χ2n) is 5.26. The van der Waals surface area contributed by atoms with Crippen molar-refractivity contribution >= 4 is 23.9 Å². The minimum Gasteiger partial charge on any atom is -0.393 e. The van der Waals surface area contributed by atoms with E-state index in [-0.39, 0.29) is 36.8 Å². The number of nitrogens with two attached hydrogens (primary N) is 1. The van der Waals surface area contributed by atoms with Crippen LogP contribution in [0.1, 0.15) is 25.7 Å². The summed E-state index contributed by atoms with van der Waals surface area (Å²) >= 11 is 0. The zero-order valence-corrected chi connectivity index (χ0v) is 9.93. The van der Waals surface area contributed by atoms with Gasteiger partial charge in [-0.2, -0.15) is 0 Å². The van der Waals surface area contributed by atoms with Gasteiger partial charge in [0, 0.05) is 6.04 Å². The van der Waals surface area contributed by atoms with Crippen molar-refractivity contribution in [2.24, 2.45) is 11.1 Å². The lowest BCUT2D eigenvalue weighted by molar-refractivity contribution is -0.170. The number of hydrogen-bond acceptors (Lipinski definition) is 7. The highest BCUT2D eigenvalue weighted by Gasteiger charge is 2.51. The molecule has 7 heteroatoms. The van der Waals surface area contributed by atoms with Crippen LogP contribution in [0.4, 0.5) is 0 Å². The van der Waals surface area contributed by atoms with Crippen LogP contribution in [0.15, 0.2) is 11.1 Å². The standard InChI is InChI=1S/C12H11NO6/c13-6-2-12(3-7(14)18-8(15)4-12)1-5-9(6)11(17)19-10(5)16/h6H,1-4,13H2. The maximum Gasteiger partial charge on any atom is 0.344 e. The highest BCUT2D eigenvalue weighted by atomic mass is 16.6. The summed E-state index contributed by atoms with van der Waals surface area (Å²) in [6, 6.07) is -0.693. The molecule has 0 aromatic rings. The molecule has 1 saturated heterocycles. The summed E-state index contributed by atoms with van der Waals surface area (Å²) in [6.45, 7) is 0. The van der Waals surface area contributed by atoms with E-state index in [4.69, 9.17) is 5.73 Å². The van der Waals surface area contributed by atoms with Crippen LogP contribution >= 0.6 is 0 Å². The van der Waals surface area contributed by atoms with Gasteiger partial charge in [0.05, 0.1) is 24.0 Å². The van der Waals surface area contributed by atoms with Crippen LogP contribution in [-0.4, -0.2) is 29.9 Å². The first kappa shape index (κ1) is 12.0. The highest BCUT2D eigenvalue weighted by Crippen LogP contribution is 2.48. The maximum atomic E-state index is 11.6. The Morgan fingerprint density at radius 1 is 0.947 bits per heavy atom. The quantitative estimate of drug-likeness (QED) is 0.456. The van der Waals surface area contributed by atoms with Gasteiger partial charge < -0.3 is 15.2 Å². The van der Waals surface area contributed by atoms with E-state index in [1.165, 1.54) is 0 Å². The molecule has 0 bridgehead atoms. The van der Waals surface area contributed by atoms with Gasteiger partial charge in [0.15, 0.2) is 0 Å². The first-order valence-electron chi connectivity index (χ1n) is 5.89. The number of rotatable bonds is 0. The van der Waals surface area contributed by atoms with Crippen molar-refractivity contribution in [2.45, 2.75) is 31.7 Å². The topological polar surface area (TPSA) is 113 Å². The Balaban J connectivity index is 1.99. The van der Waals surface area contributed by atoms with Gasteiger partial charge in [0.25, 0.3) is 0 Å². The zero-order chi connectivity index (χ0) is 13.8. The van der Waals surface area contributed by atoms with Crippen molar-refractivity contribution < 1.29 is 28.7 Å². The Morgan fingerprint density at radius 3 is 2.21 bits per heavy atom. The molecular formula is C12H11NO6. The first-order valence-corrected chi connectivity index (χ1v) is 5.89. The van der Waals surface area contributed by atoms with Crippen LogP contribution in [0.2, 0.25) is 0 Å². The number of cyclic esters (lactones) is 4. The lowest BCUT2D eigenvalue weighted by Gasteiger charge is -2.39. The Labute approximate surface area is 107 Å². The number of carbonyl (C=O) groups excluding carboxylic acids is 4. The largest absolute Gasteiger partial charge is 0.393 e. The lowest BCUT2D eigenvalue weighted by Crippen LogP contribution is -2.44. The third-order valence-electron chi connectivity index (χ3n) is 3.82. The summed E-state index contributed by atoms with van der Waals surface area (Å²) in [5.41, 5.74) is 5.55. The summed E-state index contributed by atoms with van der Waals surface area (Å²) in [6.07, 6.45) is 0.478. The molecular weight excluding hydrogens is 254 g/mol. The summed E-state index contributed by atoms with van der Waals surface area (Å²) in [4.78, 5) is 45.9. The molecule has 1 spiro atoms. The number of ether oxygens (including phenoxy) is 2. The third kappa shape index (κ3) is 1.77. The minimum atomic E-state index is -0.728. The molecule has 2 heterocycles. The van der Waals surface area contributed by atoms with E-state index in [1.54, 1.807) is 0 Å². The summed E-state index contributed by atoms with van der Waals surface area (Å²) in [5.74, 6) is -2.68. The molecule has 0 saturated carbocycles. The number of carbonyl (C=O) groups is 4. The smallest absolute Gasteiger partial charge is 0.344 e. The van der Waals surface area contributed by atoms with Gasteiger partial charge >= 0.3 is 23.9 Å². The zero-order valence-electron chi connectivity index (χ0n) is 9.93. The average Bonchev–Trinajstić information content (AvgIpc) is 2.51. The summed E-state index contributed by atoms with van der Waals surface area (Å²) in [5, 5.41) is 0. The van der Waals surface area contributed by atoms with Gasteiger partial charge in [-0.15, -0.1) is 0 Å². The number of hydrogen-bond donors (Lipinski definition) is 1. The summed E-state index contributed by atoms with van der Waals surface area (Å²) in [7, 11) is 0. The molecule has 2 aliphatic heterocycles. The molecule has 1 atom stereocenters. The average molecular weight is 265 g/mol. The molecule has 19 heavy (non-hydrogen) atoms. The fraction of sp³-hybridized carbons (Fsp3) is 0.500. The molecule has 0 radical (unpaired) electrons.